The molecule has 0 aromatic heterocycles. The fourth-order valence-electron chi connectivity index (χ4n) is 3.26. The normalized spacial score (nSPS) is 18.4. The molecular formula is C23H17NO5S2. The lowest BCUT2D eigenvalue weighted by molar-refractivity contribution is -0.119. The minimum atomic E-state index is -4.23. The van der Waals surface area contributed by atoms with E-state index in [9.17, 15) is 18.0 Å². The maximum absolute atomic E-state index is 13.6. The van der Waals surface area contributed by atoms with Crippen LogP contribution in [0, 0.1) is 11.8 Å². The zero-order valence-corrected chi connectivity index (χ0v) is 18.0. The number of nitrogens with one attached hydrogen (secondary N) is 1. The van der Waals surface area contributed by atoms with Crippen molar-refractivity contribution in [2.24, 2.45) is 0 Å². The first-order valence-corrected chi connectivity index (χ1v) is 11.6. The molecule has 1 heterocycles. The van der Waals surface area contributed by atoms with Crippen LogP contribution in [0.25, 0.3) is 10.8 Å². The predicted molar refractivity (Wildman–Crippen MR) is 119 cm³/mol. The Morgan fingerprint density at radius 1 is 1.00 bits per heavy atom. The third-order valence-corrected chi connectivity index (χ3v) is 8.86. The molecule has 0 saturated carbocycles. The van der Waals surface area contributed by atoms with Crippen LogP contribution in [0.15, 0.2) is 71.6 Å². The molecule has 156 valence electrons. The van der Waals surface area contributed by atoms with Gasteiger partial charge in [0.15, 0.2) is 0 Å². The van der Waals surface area contributed by atoms with E-state index in [0.29, 0.717) is 23.1 Å². The number of fused-ring (bicyclic) bond motifs is 1. The molecule has 6 nitrogen and oxygen atoms in total. The number of methoxy groups -OCH3 is 1. The van der Waals surface area contributed by atoms with Gasteiger partial charge in [0, 0.05) is 12.0 Å². The number of benzene rings is 3. The number of hydrogen-bond donors (Lipinski definition) is 1. The van der Waals surface area contributed by atoms with Crippen molar-refractivity contribution in [1.82, 2.24) is 5.32 Å². The van der Waals surface area contributed by atoms with E-state index in [4.69, 9.17) is 4.74 Å². The van der Waals surface area contributed by atoms with Crippen molar-refractivity contribution in [3.8, 4) is 17.6 Å². The molecule has 0 aliphatic carbocycles. The average Bonchev–Trinajstić information content (AvgIpc) is 3.08. The molecule has 0 radical (unpaired) electrons. The summed E-state index contributed by atoms with van der Waals surface area (Å²) in [7, 11) is -2.68. The van der Waals surface area contributed by atoms with Crippen LogP contribution in [0.4, 0.5) is 4.79 Å². The molecule has 1 saturated heterocycles. The lowest BCUT2D eigenvalue weighted by atomic mass is 10.1. The summed E-state index contributed by atoms with van der Waals surface area (Å²) in [5.41, 5.74) is 0.633. The molecule has 31 heavy (non-hydrogen) atoms. The molecule has 3 aromatic rings. The minimum Gasteiger partial charge on any atom is -0.497 e. The van der Waals surface area contributed by atoms with Crippen molar-refractivity contribution in [2.75, 3.05) is 7.11 Å². The molecular weight excluding hydrogens is 434 g/mol. The molecule has 1 unspecified atom stereocenters. The molecule has 8 heteroatoms. The van der Waals surface area contributed by atoms with Gasteiger partial charge in [-0.2, -0.15) is 0 Å². The van der Waals surface area contributed by atoms with E-state index in [0.717, 1.165) is 10.8 Å². The molecule has 1 aliphatic heterocycles. The van der Waals surface area contributed by atoms with E-state index >= 15 is 0 Å². The third kappa shape index (κ3) is 3.78. The molecule has 2 amide bonds. The Bertz CT molecular complexity index is 1350. The number of thioether (sulfide) groups is 1. The lowest BCUT2D eigenvalue weighted by Gasteiger charge is -2.22. The number of ether oxygens (including phenoxy) is 1. The van der Waals surface area contributed by atoms with E-state index in [1.807, 2.05) is 12.1 Å². The van der Waals surface area contributed by atoms with Crippen LogP contribution >= 0.6 is 11.8 Å². The van der Waals surface area contributed by atoms with E-state index in [1.54, 1.807) is 49.6 Å². The van der Waals surface area contributed by atoms with Gasteiger partial charge in [-0.3, -0.25) is 14.9 Å². The van der Waals surface area contributed by atoms with Gasteiger partial charge in [0.05, 0.1) is 12.0 Å². The van der Waals surface area contributed by atoms with Crippen molar-refractivity contribution < 1.29 is 22.7 Å². The van der Waals surface area contributed by atoms with Crippen LogP contribution in [0.1, 0.15) is 12.0 Å². The van der Waals surface area contributed by atoms with Gasteiger partial charge in [0.2, 0.25) is 13.9 Å². The van der Waals surface area contributed by atoms with Crippen LogP contribution in [0.5, 0.6) is 5.75 Å². The second-order valence-corrected chi connectivity index (χ2v) is 10.5. The summed E-state index contributed by atoms with van der Waals surface area (Å²) < 4.78 is 30.2. The van der Waals surface area contributed by atoms with Gasteiger partial charge in [-0.25, -0.2) is 8.42 Å². The molecule has 1 N–H and O–H groups in total. The van der Waals surface area contributed by atoms with Gasteiger partial charge < -0.3 is 4.74 Å². The van der Waals surface area contributed by atoms with Gasteiger partial charge in [-0.15, -0.1) is 0 Å². The van der Waals surface area contributed by atoms with Crippen LogP contribution in [-0.2, 0) is 14.6 Å². The monoisotopic (exact) mass is 451 g/mol. The highest BCUT2D eigenvalue weighted by Crippen LogP contribution is 2.43. The third-order valence-electron chi connectivity index (χ3n) is 4.93. The average molecular weight is 452 g/mol. The predicted octanol–water partition coefficient (Wildman–Crippen LogP) is 3.74. The van der Waals surface area contributed by atoms with E-state index in [-0.39, 0.29) is 11.3 Å². The van der Waals surface area contributed by atoms with Crippen molar-refractivity contribution in [3.63, 3.8) is 0 Å². The Morgan fingerprint density at radius 2 is 1.71 bits per heavy atom. The summed E-state index contributed by atoms with van der Waals surface area (Å²) in [6, 6.07) is 18.9. The first kappa shape index (κ1) is 21.0. The van der Waals surface area contributed by atoms with E-state index in [1.165, 1.54) is 12.1 Å². The summed E-state index contributed by atoms with van der Waals surface area (Å²) in [4.78, 5) is 24.6. The van der Waals surface area contributed by atoms with Crippen molar-refractivity contribution in [2.45, 2.75) is 15.4 Å². The zero-order valence-electron chi connectivity index (χ0n) is 16.4. The summed E-state index contributed by atoms with van der Waals surface area (Å²) in [5, 5.41) is 2.99. The molecule has 1 atom stereocenters. The smallest absolute Gasteiger partial charge is 0.287 e. The fraction of sp³-hybridized carbons (Fsp3) is 0.130. The Kier molecular flexibility index (Phi) is 5.48. The molecule has 3 aromatic carbocycles. The van der Waals surface area contributed by atoms with Gasteiger partial charge in [-0.1, -0.05) is 42.2 Å². The summed E-state index contributed by atoms with van der Waals surface area (Å²) >= 11 is 0.459. The molecule has 0 spiro atoms. The first-order valence-electron chi connectivity index (χ1n) is 9.26. The SMILES string of the molecule is COc1ccc(C#CCC2(S(=O)(=O)c3ccc4ccccc4c3)SC(=O)NC2=O)cc1. The minimum absolute atomic E-state index is 0.0326. The Morgan fingerprint density at radius 3 is 2.35 bits per heavy atom. The first-order chi connectivity index (χ1) is 14.9. The van der Waals surface area contributed by atoms with Gasteiger partial charge in [0.1, 0.15) is 5.75 Å². The number of amides is 2. The van der Waals surface area contributed by atoms with E-state index < -0.39 is 25.1 Å². The zero-order chi connectivity index (χ0) is 22.1. The van der Waals surface area contributed by atoms with Gasteiger partial charge in [0.25, 0.3) is 11.1 Å². The number of rotatable bonds is 4. The lowest BCUT2D eigenvalue weighted by Crippen LogP contribution is -2.43. The number of hydrogen-bond acceptors (Lipinski definition) is 6. The maximum Gasteiger partial charge on any atom is 0.287 e. The summed E-state index contributed by atoms with van der Waals surface area (Å²) in [6.45, 7) is 0. The van der Waals surface area contributed by atoms with Crippen LogP contribution in [-0.4, -0.2) is 30.8 Å². The van der Waals surface area contributed by atoms with Crippen molar-refractivity contribution in [1.29, 1.82) is 0 Å². The van der Waals surface area contributed by atoms with Gasteiger partial charge >= 0.3 is 0 Å². The second kappa shape index (κ2) is 8.10. The Hall–Kier alpha value is -3.28. The highest BCUT2D eigenvalue weighted by atomic mass is 32.3. The molecule has 0 bridgehead atoms. The Balaban J connectivity index is 1.74. The van der Waals surface area contributed by atoms with Gasteiger partial charge in [-0.05, 0) is 58.9 Å². The number of carbonyl (C=O) groups excluding carboxylic acids is 2. The highest BCUT2D eigenvalue weighted by Gasteiger charge is 2.58. The highest BCUT2D eigenvalue weighted by molar-refractivity contribution is 8.25. The Labute approximate surface area is 183 Å². The van der Waals surface area contributed by atoms with Crippen molar-refractivity contribution >= 4 is 43.5 Å². The summed E-state index contributed by atoms with van der Waals surface area (Å²) in [6.07, 6.45) is -0.337. The van der Waals surface area contributed by atoms with E-state index in [2.05, 4.69) is 17.2 Å². The standard InChI is InChI=1S/C23H17NO5S2/c1-29-19-11-8-16(9-12-19)5-4-14-23(21(25)24-22(26)30-23)31(27,28)20-13-10-17-6-2-3-7-18(17)15-20/h2-3,6-13,15H,14H2,1H3,(H,24,25,26). The van der Waals surface area contributed by atoms with Crippen LogP contribution in [0.2, 0.25) is 0 Å². The quantitative estimate of drug-likeness (QED) is 0.608. The number of sulfone groups is 1. The topological polar surface area (TPSA) is 89.5 Å². The fourth-order valence-corrected chi connectivity index (χ4v) is 6.41. The largest absolute Gasteiger partial charge is 0.497 e. The molecule has 1 fully saturated rings. The maximum atomic E-state index is 13.6. The van der Waals surface area contributed by atoms with Crippen molar-refractivity contribution in [3.05, 3.63) is 72.3 Å². The second-order valence-electron chi connectivity index (χ2n) is 6.82. The number of imide groups is 1. The summed E-state index contributed by atoms with van der Waals surface area (Å²) in [5.74, 6) is 5.43. The van der Waals surface area contributed by atoms with Crippen LogP contribution < -0.4 is 10.1 Å². The number of carbonyl (C=O) groups is 2. The molecule has 4 rings (SSSR count). The van der Waals surface area contributed by atoms with Crippen LogP contribution in [0.3, 0.4) is 0 Å². The molecule has 1 aliphatic rings.